The van der Waals surface area contributed by atoms with Crippen LogP contribution in [0.3, 0.4) is 0 Å². The maximum absolute atomic E-state index is 11.9. The largest absolute Gasteiger partial charge is 0.417 e. The molecule has 0 saturated carbocycles. The number of aromatic nitrogens is 1. The van der Waals surface area contributed by atoms with Crippen molar-refractivity contribution in [3.8, 4) is 0 Å². The molecule has 0 radical (unpaired) electrons. The van der Waals surface area contributed by atoms with Crippen molar-refractivity contribution in [2.45, 2.75) is 6.18 Å². The van der Waals surface area contributed by atoms with Crippen LogP contribution in [0.5, 0.6) is 0 Å². The number of halogens is 4. The molecule has 1 aromatic heterocycles. The zero-order valence-electron chi connectivity index (χ0n) is 5.90. The number of alkyl halides is 3. The molecule has 0 aliphatic rings. The molecular weight excluding hydrogens is 173 g/mol. The Morgan fingerprint density at radius 2 is 1.92 bits per heavy atom. The highest BCUT2D eigenvalue weighted by atomic mass is 19.4. The molecule has 6 heteroatoms. The van der Waals surface area contributed by atoms with Gasteiger partial charge in [0.25, 0.3) is 0 Å². The van der Waals surface area contributed by atoms with Crippen molar-refractivity contribution in [3.05, 3.63) is 24.0 Å². The number of pyridine rings is 1. The maximum Gasteiger partial charge on any atom is 0.417 e. The highest BCUT2D eigenvalue weighted by molar-refractivity contribution is 6.46. The fourth-order valence-corrected chi connectivity index (χ4v) is 0.716. The molecule has 0 N–H and O–H groups in total. The lowest BCUT2D eigenvalue weighted by Gasteiger charge is -2.05. The topological polar surface area (TPSA) is 12.9 Å². The van der Waals surface area contributed by atoms with Gasteiger partial charge in [-0.25, -0.2) is 0 Å². The van der Waals surface area contributed by atoms with E-state index in [0.29, 0.717) is 6.20 Å². The van der Waals surface area contributed by atoms with Gasteiger partial charge in [0.1, 0.15) is 0 Å². The van der Waals surface area contributed by atoms with Crippen LogP contribution in [-0.4, -0.2) is 12.5 Å². The van der Waals surface area contributed by atoms with E-state index in [1.165, 1.54) is 0 Å². The molecule has 1 rings (SSSR count). The van der Waals surface area contributed by atoms with Crippen molar-refractivity contribution in [2.75, 3.05) is 0 Å². The first-order valence-corrected chi connectivity index (χ1v) is 3.11. The molecule has 0 fully saturated rings. The lowest BCUT2D eigenvalue weighted by Crippen LogP contribution is -2.15. The third-order valence-electron chi connectivity index (χ3n) is 1.28. The summed E-state index contributed by atoms with van der Waals surface area (Å²) in [6, 6.07) is 0.743. The summed E-state index contributed by atoms with van der Waals surface area (Å²) in [6.45, 7) is 0. The molecule has 1 nitrogen and oxygen atoms in total. The van der Waals surface area contributed by atoms with Gasteiger partial charge in [-0.2, -0.15) is 13.2 Å². The average Bonchev–Trinajstić information content (AvgIpc) is 2.03. The second-order valence-electron chi connectivity index (χ2n) is 2.21. The Morgan fingerprint density at radius 3 is 2.42 bits per heavy atom. The summed E-state index contributed by atoms with van der Waals surface area (Å²) >= 11 is 0. The van der Waals surface area contributed by atoms with Crippen LogP contribution in [0.15, 0.2) is 18.5 Å². The molecule has 12 heavy (non-hydrogen) atoms. The van der Waals surface area contributed by atoms with Crippen LogP contribution < -0.4 is 5.46 Å². The SMILES string of the molecule is FBc1cncc(C(F)(F)F)c1. The van der Waals surface area contributed by atoms with E-state index in [-0.39, 0.29) is 5.46 Å². The minimum Gasteiger partial charge on any atom is -0.334 e. The fourth-order valence-electron chi connectivity index (χ4n) is 0.716. The summed E-state index contributed by atoms with van der Waals surface area (Å²) in [6.07, 6.45) is -2.72. The molecule has 0 atom stereocenters. The first-order chi connectivity index (χ1) is 5.54. The molecule has 0 aromatic carbocycles. The summed E-state index contributed by atoms with van der Waals surface area (Å²) in [5, 5.41) is 0. The van der Waals surface area contributed by atoms with Gasteiger partial charge in [-0.3, -0.25) is 4.98 Å². The lowest BCUT2D eigenvalue weighted by molar-refractivity contribution is -0.137. The molecule has 0 unspecified atom stereocenters. The number of hydrogen-bond donors (Lipinski definition) is 0. The third-order valence-corrected chi connectivity index (χ3v) is 1.28. The number of nitrogens with zero attached hydrogens (tertiary/aromatic N) is 1. The maximum atomic E-state index is 11.9. The molecule has 1 heterocycles. The van der Waals surface area contributed by atoms with E-state index < -0.39 is 19.3 Å². The molecular formula is C6H4BF4N. The van der Waals surface area contributed by atoms with Gasteiger partial charge in [-0.05, 0) is 11.5 Å². The quantitative estimate of drug-likeness (QED) is 0.461. The molecule has 0 spiro atoms. The van der Waals surface area contributed by atoms with Gasteiger partial charge in [0, 0.05) is 12.4 Å². The van der Waals surface area contributed by atoms with Crippen LogP contribution >= 0.6 is 0 Å². The Hall–Kier alpha value is -1.07. The molecule has 0 bridgehead atoms. The van der Waals surface area contributed by atoms with E-state index >= 15 is 0 Å². The van der Waals surface area contributed by atoms with E-state index in [4.69, 9.17) is 0 Å². The predicted molar refractivity (Wildman–Crippen MR) is 37.1 cm³/mol. The van der Waals surface area contributed by atoms with E-state index in [1.807, 2.05) is 0 Å². The van der Waals surface area contributed by atoms with Gasteiger partial charge in [0.15, 0.2) is 0 Å². The Balaban J connectivity index is 3.02. The summed E-state index contributed by atoms with van der Waals surface area (Å²) in [5.74, 6) is 0. The van der Waals surface area contributed by atoms with Gasteiger partial charge < -0.3 is 4.32 Å². The highest BCUT2D eigenvalue weighted by Gasteiger charge is 2.30. The second kappa shape index (κ2) is 3.12. The van der Waals surface area contributed by atoms with Gasteiger partial charge >= 0.3 is 13.7 Å². The third kappa shape index (κ3) is 1.96. The molecule has 0 aliphatic carbocycles. The summed E-state index contributed by atoms with van der Waals surface area (Å²) in [5.41, 5.74) is -0.984. The minimum atomic E-state index is -4.45. The van der Waals surface area contributed by atoms with Crippen LogP contribution in [0.2, 0.25) is 0 Å². The van der Waals surface area contributed by atoms with Crippen LogP contribution in [0.1, 0.15) is 5.56 Å². The van der Waals surface area contributed by atoms with Crippen molar-refractivity contribution >= 4 is 13.0 Å². The summed E-state index contributed by atoms with van der Waals surface area (Å²) in [4.78, 5) is 3.26. The highest BCUT2D eigenvalue weighted by Crippen LogP contribution is 2.27. The Kier molecular flexibility index (Phi) is 2.35. The van der Waals surface area contributed by atoms with Crippen molar-refractivity contribution in [3.63, 3.8) is 0 Å². The molecule has 0 aliphatic heterocycles. The first kappa shape index (κ1) is 9.03. The van der Waals surface area contributed by atoms with Crippen LogP contribution in [-0.2, 0) is 6.18 Å². The second-order valence-corrected chi connectivity index (χ2v) is 2.21. The van der Waals surface area contributed by atoms with Crippen molar-refractivity contribution in [2.24, 2.45) is 0 Å². The molecule has 0 amide bonds. The fraction of sp³-hybridized carbons (Fsp3) is 0.167. The predicted octanol–water partition coefficient (Wildman–Crippen LogP) is 1.05. The molecule has 0 saturated heterocycles. The summed E-state index contributed by atoms with van der Waals surface area (Å²) in [7, 11) is -0.934. The van der Waals surface area contributed by atoms with E-state index in [9.17, 15) is 17.5 Å². The Morgan fingerprint density at radius 1 is 1.25 bits per heavy atom. The van der Waals surface area contributed by atoms with E-state index in [2.05, 4.69) is 4.98 Å². The lowest BCUT2D eigenvalue weighted by atomic mass is 9.92. The Labute approximate surface area is 66.7 Å². The molecule has 1 aromatic rings. The normalized spacial score (nSPS) is 11.3. The Bertz CT molecular complexity index is 272. The standard InChI is InChI=1S/C6H4BF4N/c8-6(9,10)4-1-5(7-11)3-12-2-4/h1-3,7H. The van der Waals surface area contributed by atoms with Crippen LogP contribution in [0.25, 0.3) is 0 Å². The minimum absolute atomic E-state index is 0.0650. The van der Waals surface area contributed by atoms with Gasteiger partial charge in [-0.15, -0.1) is 0 Å². The zero-order valence-corrected chi connectivity index (χ0v) is 5.90. The smallest absolute Gasteiger partial charge is 0.334 e. The van der Waals surface area contributed by atoms with E-state index in [1.54, 1.807) is 0 Å². The molecule has 64 valence electrons. The number of hydrogen-bond acceptors (Lipinski definition) is 1. The van der Waals surface area contributed by atoms with Crippen molar-refractivity contribution in [1.82, 2.24) is 4.98 Å². The van der Waals surface area contributed by atoms with Gasteiger partial charge in [-0.1, -0.05) is 0 Å². The van der Waals surface area contributed by atoms with Crippen molar-refractivity contribution in [1.29, 1.82) is 0 Å². The first-order valence-electron chi connectivity index (χ1n) is 3.11. The monoisotopic (exact) mass is 177 g/mol. The van der Waals surface area contributed by atoms with E-state index in [0.717, 1.165) is 12.3 Å². The summed E-state index contributed by atoms with van der Waals surface area (Å²) < 4.78 is 47.7. The number of rotatable bonds is 1. The average molecular weight is 177 g/mol. The van der Waals surface area contributed by atoms with Gasteiger partial charge in [0.05, 0.1) is 5.56 Å². The van der Waals surface area contributed by atoms with Gasteiger partial charge in [0.2, 0.25) is 0 Å². The zero-order chi connectivity index (χ0) is 9.19. The van der Waals surface area contributed by atoms with Crippen LogP contribution in [0.4, 0.5) is 17.5 Å². The van der Waals surface area contributed by atoms with Crippen LogP contribution in [0, 0.1) is 0 Å². The van der Waals surface area contributed by atoms with Crippen molar-refractivity contribution < 1.29 is 17.5 Å².